The Morgan fingerprint density at radius 1 is 1.28 bits per heavy atom. The van der Waals surface area contributed by atoms with Crippen LogP contribution in [0.15, 0.2) is 0 Å². The van der Waals surface area contributed by atoms with Gasteiger partial charge in [0.25, 0.3) is 0 Å². The van der Waals surface area contributed by atoms with Crippen molar-refractivity contribution in [2.75, 3.05) is 0 Å². The standard InChI is InChI=1S/C14H30N2O2/c1-7-9-11(3)10-12(8-2)15-16-13(17)18-14(4,5)6/h11-12,15H,7-10H2,1-6H3,(H,16,17). The Kier molecular flexibility index (Phi) is 8.00. The van der Waals surface area contributed by atoms with E-state index in [0.717, 1.165) is 12.8 Å². The molecule has 4 nitrogen and oxygen atoms in total. The monoisotopic (exact) mass is 258 g/mol. The summed E-state index contributed by atoms with van der Waals surface area (Å²) in [6.07, 6.45) is 4.08. The van der Waals surface area contributed by atoms with E-state index in [-0.39, 0.29) is 0 Å². The minimum Gasteiger partial charge on any atom is -0.443 e. The molecule has 2 unspecified atom stereocenters. The number of carbonyl (C=O) groups is 1. The van der Waals surface area contributed by atoms with Gasteiger partial charge >= 0.3 is 6.09 Å². The Morgan fingerprint density at radius 2 is 1.89 bits per heavy atom. The highest BCUT2D eigenvalue weighted by molar-refractivity contribution is 5.67. The maximum absolute atomic E-state index is 11.5. The molecule has 18 heavy (non-hydrogen) atoms. The van der Waals surface area contributed by atoms with Gasteiger partial charge in [-0.3, -0.25) is 5.43 Å². The van der Waals surface area contributed by atoms with Crippen molar-refractivity contribution in [1.29, 1.82) is 0 Å². The second kappa shape index (κ2) is 8.35. The summed E-state index contributed by atoms with van der Waals surface area (Å²) in [7, 11) is 0. The summed E-state index contributed by atoms with van der Waals surface area (Å²) in [6.45, 7) is 12.1. The molecule has 4 heteroatoms. The molecule has 0 saturated heterocycles. The van der Waals surface area contributed by atoms with E-state index in [9.17, 15) is 4.79 Å². The summed E-state index contributed by atoms with van der Waals surface area (Å²) in [5.41, 5.74) is 5.23. The molecule has 0 aliphatic heterocycles. The second-order valence-corrected chi connectivity index (χ2v) is 6.01. The minimum absolute atomic E-state index is 0.305. The lowest BCUT2D eigenvalue weighted by Crippen LogP contribution is -2.46. The first kappa shape index (κ1) is 17.2. The fourth-order valence-corrected chi connectivity index (χ4v) is 1.89. The number of hydrazine groups is 1. The first-order chi connectivity index (χ1) is 8.28. The number of amides is 1. The van der Waals surface area contributed by atoms with Crippen LogP contribution in [-0.4, -0.2) is 17.7 Å². The summed E-state index contributed by atoms with van der Waals surface area (Å²) in [4.78, 5) is 11.5. The Hall–Kier alpha value is -0.770. The van der Waals surface area contributed by atoms with E-state index in [1.54, 1.807) is 0 Å². The molecule has 2 atom stereocenters. The van der Waals surface area contributed by atoms with Crippen molar-refractivity contribution in [2.24, 2.45) is 5.92 Å². The number of hydrogen-bond acceptors (Lipinski definition) is 3. The van der Waals surface area contributed by atoms with Crippen molar-refractivity contribution in [3.8, 4) is 0 Å². The molecule has 0 saturated carbocycles. The number of nitrogens with one attached hydrogen (secondary N) is 2. The van der Waals surface area contributed by atoms with Crippen LogP contribution in [0.2, 0.25) is 0 Å². The normalized spacial score (nSPS) is 15.0. The molecule has 0 spiro atoms. The highest BCUT2D eigenvalue weighted by Crippen LogP contribution is 2.14. The van der Waals surface area contributed by atoms with Gasteiger partial charge in [-0.15, -0.1) is 0 Å². The van der Waals surface area contributed by atoms with E-state index in [0.29, 0.717) is 12.0 Å². The van der Waals surface area contributed by atoms with Gasteiger partial charge in [0.05, 0.1) is 0 Å². The lowest BCUT2D eigenvalue weighted by molar-refractivity contribution is 0.0483. The zero-order valence-electron chi connectivity index (χ0n) is 12.8. The summed E-state index contributed by atoms with van der Waals surface area (Å²) in [5, 5.41) is 0. The third kappa shape index (κ3) is 9.28. The lowest BCUT2D eigenvalue weighted by atomic mass is 9.96. The first-order valence-electron chi connectivity index (χ1n) is 7.03. The maximum atomic E-state index is 11.5. The van der Waals surface area contributed by atoms with Crippen molar-refractivity contribution >= 4 is 6.09 Å². The molecule has 2 N–H and O–H groups in total. The largest absolute Gasteiger partial charge is 0.443 e. The molecule has 0 radical (unpaired) electrons. The third-order valence-corrected chi connectivity index (χ3v) is 2.74. The van der Waals surface area contributed by atoms with Crippen molar-refractivity contribution < 1.29 is 9.53 Å². The van der Waals surface area contributed by atoms with Gasteiger partial charge in [-0.05, 0) is 39.5 Å². The fourth-order valence-electron chi connectivity index (χ4n) is 1.89. The quantitative estimate of drug-likeness (QED) is 0.686. The zero-order chi connectivity index (χ0) is 14.2. The average Bonchev–Trinajstić information content (AvgIpc) is 2.22. The average molecular weight is 258 g/mol. The molecular weight excluding hydrogens is 228 g/mol. The van der Waals surface area contributed by atoms with E-state index < -0.39 is 11.7 Å². The van der Waals surface area contributed by atoms with Crippen LogP contribution in [0.1, 0.15) is 67.2 Å². The third-order valence-electron chi connectivity index (χ3n) is 2.74. The topological polar surface area (TPSA) is 50.4 Å². The van der Waals surface area contributed by atoms with Gasteiger partial charge in [0, 0.05) is 6.04 Å². The van der Waals surface area contributed by atoms with Crippen LogP contribution in [0.5, 0.6) is 0 Å². The Morgan fingerprint density at radius 3 is 2.33 bits per heavy atom. The molecule has 0 aromatic heterocycles. The van der Waals surface area contributed by atoms with Crippen LogP contribution in [-0.2, 0) is 4.74 Å². The van der Waals surface area contributed by atoms with E-state index in [1.165, 1.54) is 12.8 Å². The highest BCUT2D eigenvalue weighted by Gasteiger charge is 2.17. The first-order valence-corrected chi connectivity index (χ1v) is 7.03. The molecule has 0 aromatic rings. The fraction of sp³-hybridized carbons (Fsp3) is 0.929. The smallest absolute Gasteiger partial charge is 0.422 e. The second-order valence-electron chi connectivity index (χ2n) is 6.01. The molecule has 1 amide bonds. The Labute approximate surface area is 112 Å². The molecule has 0 aliphatic carbocycles. The van der Waals surface area contributed by atoms with Crippen LogP contribution in [0.3, 0.4) is 0 Å². The van der Waals surface area contributed by atoms with Crippen LogP contribution in [0.4, 0.5) is 4.79 Å². The molecule has 0 aromatic carbocycles. The maximum Gasteiger partial charge on any atom is 0.422 e. The molecule has 0 bridgehead atoms. The van der Waals surface area contributed by atoms with Gasteiger partial charge in [0.1, 0.15) is 5.60 Å². The highest BCUT2D eigenvalue weighted by atomic mass is 16.6. The predicted octanol–water partition coefficient (Wildman–Crippen LogP) is 3.62. The van der Waals surface area contributed by atoms with Crippen molar-refractivity contribution in [3.63, 3.8) is 0 Å². The van der Waals surface area contributed by atoms with Gasteiger partial charge in [0.2, 0.25) is 0 Å². The molecule has 0 rings (SSSR count). The minimum atomic E-state index is -0.455. The molecule has 108 valence electrons. The summed E-state index contributed by atoms with van der Waals surface area (Å²) in [6, 6.07) is 0.305. The summed E-state index contributed by atoms with van der Waals surface area (Å²) in [5.74, 6) is 0.674. The zero-order valence-corrected chi connectivity index (χ0v) is 12.8. The van der Waals surface area contributed by atoms with Crippen LogP contribution >= 0.6 is 0 Å². The molecule has 0 aliphatic rings. The summed E-state index contributed by atoms with van der Waals surface area (Å²) < 4.78 is 5.17. The summed E-state index contributed by atoms with van der Waals surface area (Å²) >= 11 is 0. The number of carbonyl (C=O) groups excluding carboxylic acids is 1. The predicted molar refractivity (Wildman–Crippen MR) is 75.3 cm³/mol. The van der Waals surface area contributed by atoms with Gasteiger partial charge in [-0.1, -0.05) is 33.6 Å². The van der Waals surface area contributed by atoms with Gasteiger partial charge < -0.3 is 4.74 Å². The van der Waals surface area contributed by atoms with Crippen LogP contribution < -0.4 is 10.9 Å². The van der Waals surface area contributed by atoms with E-state index in [4.69, 9.17) is 4.74 Å². The number of hydrogen-bond donors (Lipinski definition) is 2. The number of rotatable bonds is 7. The van der Waals surface area contributed by atoms with E-state index >= 15 is 0 Å². The van der Waals surface area contributed by atoms with Crippen LogP contribution in [0, 0.1) is 5.92 Å². The van der Waals surface area contributed by atoms with Gasteiger partial charge in [-0.25, -0.2) is 10.2 Å². The van der Waals surface area contributed by atoms with E-state index in [1.807, 2.05) is 20.8 Å². The molecule has 0 heterocycles. The molecule has 0 fully saturated rings. The van der Waals surface area contributed by atoms with Gasteiger partial charge in [-0.2, -0.15) is 0 Å². The lowest BCUT2D eigenvalue weighted by Gasteiger charge is -2.23. The molecular formula is C14H30N2O2. The van der Waals surface area contributed by atoms with Gasteiger partial charge in [0.15, 0.2) is 0 Å². The van der Waals surface area contributed by atoms with Crippen LogP contribution in [0.25, 0.3) is 0 Å². The SMILES string of the molecule is CCCC(C)CC(CC)NNC(=O)OC(C)(C)C. The Balaban J connectivity index is 3.96. The van der Waals surface area contributed by atoms with E-state index in [2.05, 4.69) is 31.6 Å². The van der Waals surface area contributed by atoms with Crippen molar-refractivity contribution in [2.45, 2.75) is 78.9 Å². The Bertz CT molecular complexity index is 236. The van der Waals surface area contributed by atoms with Crippen molar-refractivity contribution in [3.05, 3.63) is 0 Å². The number of ether oxygens (including phenoxy) is 1. The van der Waals surface area contributed by atoms with Crippen molar-refractivity contribution in [1.82, 2.24) is 10.9 Å².